The van der Waals surface area contributed by atoms with Gasteiger partial charge in [0.2, 0.25) is 6.10 Å². The van der Waals surface area contributed by atoms with E-state index in [1.54, 1.807) is 31.2 Å². The van der Waals surface area contributed by atoms with E-state index >= 15 is 0 Å². The lowest BCUT2D eigenvalue weighted by molar-refractivity contribution is 0.0421. The van der Waals surface area contributed by atoms with Crippen LogP contribution in [0.5, 0.6) is 0 Å². The number of hydrogen-bond donors (Lipinski definition) is 0. The number of benzene rings is 1. The Hall–Kier alpha value is -1.54. The summed E-state index contributed by atoms with van der Waals surface area (Å²) in [6.07, 6.45) is -1.77. The van der Waals surface area contributed by atoms with E-state index in [0.29, 0.717) is 5.56 Å². The van der Waals surface area contributed by atoms with Gasteiger partial charge in [-0.3, -0.25) is 0 Å². The molecule has 4 nitrogen and oxygen atoms in total. The number of nitriles is 1. The topological polar surface area (TPSA) is 59.3 Å². The van der Waals surface area contributed by atoms with Gasteiger partial charge in [-0.2, -0.15) is 5.26 Å². The first-order valence-electron chi connectivity index (χ1n) is 4.66. The minimum absolute atomic E-state index is 0.220. The van der Waals surface area contributed by atoms with Crippen LogP contribution in [0.4, 0.5) is 4.79 Å². The molecule has 5 heteroatoms. The van der Waals surface area contributed by atoms with Crippen LogP contribution in [0.25, 0.3) is 0 Å². The second-order valence-corrected chi connectivity index (χ2v) is 3.78. The van der Waals surface area contributed by atoms with E-state index in [4.69, 9.17) is 10.00 Å². The zero-order valence-electron chi connectivity index (χ0n) is 8.64. The van der Waals surface area contributed by atoms with Crippen molar-refractivity contribution in [3.63, 3.8) is 0 Å². The molecule has 84 valence electrons. The summed E-state index contributed by atoms with van der Waals surface area (Å²) in [4.78, 5) is 11.0. The molecule has 1 rings (SSSR count). The average molecular weight is 284 g/mol. The molecule has 0 fully saturated rings. The molecule has 0 aliphatic rings. The normalized spacial score (nSPS) is 11.3. The van der Waals surface area contributed by atoms with Crippen LogP contribution in [0.15, 0.2) is 28.7 Å². The van der Waals surface area contributed by atoms with Crippen LogP contribution >= 0.6 is 15.9 Å². The van der Waals surface area contributed by atoms with E-state index in [1.807, 2.05) is 6.07 Å². The maximum atomic E-state index is 11.0. The highest BCUT2D eigenvalue weighted by Crippen LogP contribution is 2.19. The monoisotopic (exact) mass is 283 g/mol. The summed E-state index contributed by atoms with van der Waals surface area (Å²) in [7, 11) is 0. The average Bonchev–Trinajstić information content (AvgIpc) is 2.27. The Kier molecular flexibility index (Phi) is 4.80. The number of carbonyl (C=O) groups excluding carboxylic acids is 1. The Bertz CT molecular complexity index is 397. The van der Waals surface area contributed by atoms with Crippen molar-refractivity contribution in [2.75, 3.05) is 6.61 Å². The molecule has 0 aromatic heterocycles. The Morgan fingerprint density at radius 1 is 1.50 bits per heavy atom. The van der Waals surface area contributed by atoms with Crippen molar-refractivity contribution in [3.05, 3.63) is 34.3 Å². The van der Waals surface area contributed by atoms with Crippen LogP contribution in [0.3, 0.4) is 0 Å². The summed E-state index contributed by atoms with van der Waals surface area (Å²) in [5.41, 5.74) is 0.610. The summed E-state index contributed by atoms with van der Waals surface area (Å²) in [5.74, 6) is 0. The second kappa shape index (κ2) is 6.13. The molecule has 0 saturated carbocycles. The van der Waals surface area contributed by atoms with Crippen molar-refractivity contribution in [1.82, 2.24) is 0 Å². The lowest BCUT2D eigenvalue weighted by Gasteiger charge is -2.10. The molecule has 0 bridgehead atoms. The Balaban J connectivity index is 2.72. The van der Waals surface area contributed by atoms with E-state index in [2.05, 4.69) is 20.7 Å². The van der Waals surface area contributed by atoms with Gasteiger partial charge < -0.3 is 9.47 Å². The molecule has 1 aromatic carbocycles. The Morgan fingerprint density at radius 2 is 2.12 bits per heavy atom. The molecular weight excluding hydrogens is 274 g/mol. The summed E-state index contributed by atoms with van der Waals surface area (Å²) in [6, 6.07) is 8.84. The molecule has 0 saturated heterocycles. The molecule has 0 N–H and O–H groups in total. The zero-order chi connectivity index (χ0) is 12.0. The third kappa shape index (κ3) is 3.55. The highest BCUT2D eigenvalue weighted by atomic mass is 79.9. The number of halogens is 1. The lowest BCUT2D eigenvalue weighted by atomic mass is 10.1. The minimum atomic E-state index is -0.938. The third-order valence-corrected chi connectivity index (χ3v) is 2.29. The molecule has 1 atom stereocenters. The summed E-state index contributed by atoms with van der Waals surface area (Å²) >= 11 is 3.28. The van der Waals surface area contributed by atoms with Gasteiger partial charge in [-0.05, 0) is 19.1 Å². The first kappa shape index (κ1) is 12.5. The van der Waals surface area contributed by atoms with E-state index in [9.17, 15) is 4.79 Å². The van der Waals surface area contributed by atoms with Crippen LogP contribution in [0.2, 0.25) is 0 Å². The van der Waals surface area contributed by atoms with Crippen molar-refractivity contribution < 1.29 is 14.3 Å². The van der Waals surface area contributed by atoms with E-state index < -0.39 is 12.3 Å². The van der Waals surface area contributed by atoms with Crippen LogP contribution < -0.4 is 0 Å². The van der Waals surface area contributed by atoms with Crippen molar-refractivity contribution in [2.24, 2.45) is 0 Å². The summed E-state index contributed by atoms with van der Waals surface area (Å²) < 4.78 is 10.3. The molecule has 0 aliphatic heterocycles. The van der Waals surface area contributed by atoms with Gasteiger partial charge >= 0.3 is 6.16 Å². The standard InChI is InChI=1S/C11H10BrNO3/c1-2-15-11(14)16-10(7-13)8-3-5-9(12)6-4-8/h3-6,10H,2H2,1H3. The van der Waals surface area contributed by atoms with Gasteiger partial charge in [0.15, 0.2) is 0 Å². The largest absolute Gasteiger partial charge is 0.509 e. The predicted octanol–water partition coefficient (Wildman–Crippen LogP) is 3.19. The van der Waals surface area contributed by atoms with Gasteiger partial charge in [0.1, 0.15) is 6.07 Å². The Labute approximate surface area is 102 Å². The first-order chi connectivity index (χ1) is 7.67. The van der Waals surface area contributed by atoms with Gasteiger partial charge in [-0.25, -0.2) is 4.79 Å². The Morgan fingerprint density at radius 3 is 2.62 bits per heavy atom. The third-order valence-electron chi connectivity index (χ3n) is 1.77. The molecule has 1 aromatic rings. The van der Waals surface area contributed by atoms with Crippen LogP contribution in [-0.2, 0) is 9.47 Å². The first-order valence-corrected chi connectivity index (χ1v) is 5.45. The molecule has 0 heterocycles. The van der Waals surface area contributed by atoms with Gasteiger partial charge in [0.25, 0.3) is 0 Å². The van der Waals surface area contributed by atoms with Crippen molar-refractivity contribution in [1.29, 1.82) is 5.26 Å². The highest BCUT2D eigenvalue weighted by molar-refractivity contribution is 9.10. The van der Waals surface area contributed by atoms with Gasteiger partial charge in [-0.15, -0.1) is 0 Å². The van der Waals surface area contributed by atoms with Gasteiger partial charge in [0, 0.05) is 10.0 Å². The van der Waals surface area contributed by atoms with Crippen LogP contribution in [0.1, 0.15) is 18.6 Å². The number of ether oxygens (including phenoxy) is 2. The molecule has 0 aliphatic carbocycles. The maximum Gasteiger partial charge on any atom is 0.509 e. The van der Waals surface area contributed by atoms with Crippen LogP contribution in [0, 0.1) is 11.3 Å². The fourth-order valence-electron chi connectivity index (χ4n) is 1.05. The van der Waals surface area contributed by atoms with E-state index in [1.165, 1.54) is 0 Å². The molecular formula is C11H10BrNO3. The maximum absolute atomic E-state index is 11.0. The van der Waals surface area contributed by atoms with E-state index in [-0.39, 0.29) is 6.61 Å². The summed E-state index contributed by atoms with van der Waals surface area (Å²) in [5, 5.41) is 8.87. The highest BCUT2D eigenvalue weighted by Gasteiger charge is 2.16. The van der Waals surface area contributed by atoms with Crippen molar-refractivity contribution >= 4 is 22.1 Å². The fraction of sp³-hybridized carbons (Fsp3) is 0.273. The molecule has 1 unspecified atom stereocenters. The molecule has 16 heavy (non-hydrogen) atoms. The second-order valence-electron chi connectivity index (χ2n) is 2.86. The minimum Gasteiger partial charge on any atom is -0.435 e. The number of hydrogen-bond acceptors (Lipinski definition) is 4. The quantitative estimate of drug-likeness (QED) is 0.800. The number of rotatable bonds is 3. The molecule has 0 radical (unpaired) electrons. The SMILES string of the molecule is CCOC(=O)OC(C#N)c1ccc(Br)cc1. The van der Waals surface area contributed by atoms with Crippen molar-refractivity contribution in [3.8, 4) is 6.07 Å². The zero-order valence-corrected chi connectivity index (χ0v) is 10.2. The molecule has 0 amide bonds. The van der Waals surface area contributed by atoms with Crippen molar-refractivity contribution in [2.45, 2.75) is 13.0 Å². The smallest absolute Gasteiger partial charge is 0.435 e. The van der Waals surface area contributed by atoms with Crippen LogP contribution in [-0.4, -0.2) is 12.8 Å². The van der Waals surface area contributed by atoms with E-state index in [0.717, 1.165) is 4.47 Å². The molecule has 0 spiro atoms. The van der Waals surface area contributed by atoms with Gasteiger partial charge in [-0.1, -0.05) is 28.1 Å². The number of carbonyl (C=O) groups is 1. The number of nitrogens with zero attached hydrogens (tertiary/aromatic N) is 1. The summed E-state index contributed by atoms with van der Waals surface area (Å²) in [6.45, 7) is 1.89. The lowest BCUT2D eigenvalue weighted by Crippen LogP contribution is -2.11. The van der Waals surface area contributed by atoms with Gasteiger partial charge in [0.05, 0.1) is 6.61 Å². The predicted molar refractivity (Wildman–Crippen MR) is 60.6 cm³/mol. The fourth-order valence-corrected chi connectivity index (χ4v) is 1.32.